The van der Waals surface area contributed by atoms with Crippen LogP contribution in [0.3, 0.4) is 0 Å². The number of carbonyl (C=O) groups excluding carboxylic acids is 1. The molecule has 0 spiro atoms. The smallest absolute Gasteiger partial charge is 0.228 e. The van der Waals surface area contributed by atoms with E-state index in [4.69, 9.17) is 5.26 Å². The first kappa shape index (κ1) is 12.1. The van der Waals surface area contributed by atoms with Crippen molar-refractivity contribution in [1.82, 2.24) is 0 Å². The van der Waals surface area contributed by atoms with Gasteiger partial charge >= 0.3 is 0 Å². The lowest BCUT2D eigenvalue weighted by molar-refractivity contribution is -0.117. The van der Waals surface area contributed by atoms with E-state index in [0.29, 0.717) is 16.7 Å². The molecule has 1 amide bonds. The number of hydrogen-bond donors (Lipinski definition) is 0. The highest BCUT2D eigenvalue weighted by molar-refractivity contribution is 9.10. The van der Waals surface area contributed by atoms with E-state index in [1.54, 1.807) is 6.07 Å². The van der Waals surface area contributed by atoms with Crippen LogP contribution in [0.15, 0.2) is 16.6 Å². The third kappa shape index (κ3) is 2.18. The van der Waals surface area contributed by atoms with Crippen LogP contribution in [0.4, 0.5) is 10.1 Å². The van der Waals surface area contributed by atoms with Crippen LogP contribution in [0.25, 0.3) is 0 Å². The predicted octanol–water partition coefficient (Wildman–Crippen LogP) is 2.77. The van der Waals surface area contributed by atoms with Gasteiger partial charge < -0.3 is 4.90 Å². The average molecular weight is 297 g/mol. The molecule has 1 aliphatic heterocycles. The number of halogens is 2. The standard InChI is InChI=1S/C12H10BrFN2O/c1-7-2-9(13)10(14)4-11(7)16-6-8(5-15)3-12(16)17/h2,4,8H,3,6H2,1H3. The van der Waals surface area contributed by atoms with Crippen molar-refractivity contribution in [3.05, 3.63) is 28.0 Å². The maximum atomic E-state index is 13.5. The van der Waals surface area contributed by atoms with E-state index in [9.17, 15) is 9.18 Å². The molecule has 0 N–H and O–H groups in total. The van der Waals surface area contributed by atoms with E-state index in [2.05, 4.69) is 22.0 Å². The molecule has 2 rings (SSSR count). The molecular weight excluding hydrogens is 287 g/mol. The first-order valence-electron chi connectivity index (χ1n) is 5.18. The summed E-state index contributed by atoms with van der Waals surface area (Å²) in [4.78, 5) is 13.2. The van der Waals surface area contributed by atoms with E-state index in [0.717, 1.165) is 5.56 Å². The van der Waals surface area contributed by atoms with Crippen LogP contribution in [-0.4, -0.2) is 12.5 Å². The number of aryl methyl sites for hydroxylation is 1. The zero-order valence-electron chi connectivity index (χ0n) is 9.20. The number of anilines is 1. The van der Waals surface area contributed by atoms with Crippen LogP contribution in [0, 0.1) is 30.0 Å². The summed E-state index contributed by atoms with van der Waals surface area (Å²) in [5.74, 6) is -0.825. The molecule has 1 atom stereocenters. The van der Waals surface area contributed by atoms with Gasteiger partial charge in [-0.2, -0.15) is 5.26 Å². The Morgan fingerprint density at radius 3 is 2.88 bits per heavy atom. The third-order valence-electron chi connectivity index (χ3n) is 2.84. The zero-order valence-corrected chi connectivity index (χ0v) is 10.8. The molecule has 17 heavy (non-hydrogen) atoms. The van der Waals surface area contributed by atoms with Crippen molar-refractivity contribution >= 4 is 27.5 Å². The van der Waals surface area contributed by atoms with Crippen LogP contribution >= 0.6 is 15.9 Å². The zero-order chi connectivity index (χ0) is 12.6. The first-order valence-corrected chi connectivity index (χ1v) is 5.98. The highest BCUT2D eigenvalue weighted by Gasteiger charge is 2.31. The van der Waals surface area contributed by atoms with Gasteiger partial charge in [0.15, 0.2) is 0 Å². The van der Waals surface area contributed by atoms with Gasteiger partial charge in [0.25, 0.3) is 0 Å². The number of nitrogens with zero attached hydrogens (tertiary/aromatic N) is 2. The average Bonchev–Trinajstić information content (AvgIpc) is 2.65. The van der Waals surface area contributed by atoms with Gasteiger partial charge in [-0.3, -0.25) is 4.79 Å². The quantitative estimate of drug-likeness (QED) is 0.800. The van der Waals surface area contributed by atoms with Crippen molar-refractivity contribution in [3.63, 3.8) is 0 Å². The van der Waals surface area contributed by atoms with Gasteiger partial charge in [0.1, 0.15) is 5.82 Å². The molecule has 3 nitrogen and oxygen atoms in total. The molecule has 1 aromatic rings. The summed E-state index contributed by atoms with van der Waals surface area (Å²) < 4.78 is 13.8. The lowest BCUT2D eigenvalue weighted by Crippen LogP contribution is -2.25. The SMILES string of the molecule is Cc1cc(Br)c(F)cc1N1CC(C#N)CC1=O. The fourth-order valence-electron chi connectivity index (χ4n) is 1.95. The largest absolute Gasteiger partial charge is 0.311 e. The number of carbonyl (C=O) groups is 1. The predicted molar refractivity (Wildman–Crippen MR) is 64.9 cm³/mol. The molecule has 1 heterocycles. The third-order valence-corrected chi connectivity index (χ3v) is 3.44. The summed E-state index contributed by atoms with van der Waals surface area (Å²) in [6.45, 7) is 2.16. The van der Waals surface area contributed by atoms with Crippen LogP contribution in [0.1, 0.15) is 12.0 Å². The van der Waals surface area contributed by atoms with E-state index >= 15 is 0 Å². The molecule has 88 valence electrons. The summed E-state index contributed by atoms with van der Waals surface area (Å²) in [5.41, 5.74) is 1.36. The van der Waals surface area contributed by atoms with Gasteiger partial charge in [-0.05, 0) is 40.5 Å². The Hall–Kier alpha value is -1.41. The van der Waals surface area contributed by atoms with E-state index < -0.39 is 5.82 Å². The summed E-state index contributed by atoms with van der Waals surface area (Å²) in [7, 11) is 0. The Morgan fingerprint density at radius 2 is 2.29 bits per heavy atom. The molecule has 1 fully saturated rings. The normalized spacial score (nSPS) is 19.5. The maximum absolute atomic E-state index is 13.5. The molecule has 0 saturated carbocycles. The Bertz CT molecular complexity index is 524. The van der Waals surface area contributed by atoms with Gasteiger partial charge in [0.2, 0.25) is 5.91 Å². The first-order chi connectivity index (χ1) is 8.02. The van der Waals surface area contributed by atoms with Crippen LogP contribution in [0.2, 0.25) is 0 Å². The van der Waals surface area contributed by atoms with Crippen molar-refractivity contribution in [2.24, 2.45) is 5.92 Å². The topological polar surface area (TPSA) is 44.1 Å². The molecule has 1 saturated heterocycles. The minimum Gasteiger partial charge on any atom is -0.311 e. The second kappa shape index (κ2) is 4.46. The van der Waals surface area contributed by atoms with Crippen molar-refractivity contribution in [3.8, 4) is 6.07 Å². The highest BCUT2D eigenvalue weighted by atomic mass is 79.9. The van der Waals surface area contributed by atoms with Gasteiger partial charge in [-0.15, -0.1) is 0 Å². The maximum Gasteiger partial charge on any atom is 0.228 e. The Balaban J connectivity index is 2.39. The number of benzene rings is 1. The van der Waals surface area contributed by atoms with Crippen molar-refractivity contribution < 1.29 is 9.18 Å². The van der Waals surface area contributed by atoms with Gasteiger partial charge in [-0.1, -0.05) is 0 Å². The molecule has 1 aromatic carbocycles. The van der Waals surface area contributed by atoms with Gasteiger partial charge in [0, 0.05) is 18.7 Å². The molecule has 0 aliphatic carbocycles. The van der Waals surface area contributed by atoms with Crippen molar-refractivity contribution in [2.45, 2.75) is 13.3 Å². The van der Waals surface area contributed by atoms with Gasteiger partial charge in [0.05, 0.1) is 16.5 Å². The van der Waals surface area contributed by atoms with E-state index in [-0.39, 0.29) is 18.2 Å². The van der Waals surface area contributed by atoms with E-state index in [1.807, 2.05) is 6.92 Å². The molecule has 1 unspecified atom stereocenters. The van der Waals surface area contributed by atoms with Crippen molar-refractivity contribution in [2.75, 3.05) is 11.4 Å². The van der Waals surface area contributed by atoms with Crippen molar-refractivity contribution in [1.29, 1.82) is 5.26 Å². The number of nitriles is 1. The van der Waals surface area contributed by atoms with Gasteiger partial charge in [-0.25, -0.2) is 4.39 Å². The monoisotopic (exact) mass is 296 g/mol. The number of rotatable bonds is 1. The Morgan fingerprint density at radius 1 is 1.59 bits per heavy atom. The van der Waals surface area contributed by atoms with Crippen LogP contribution in [0.5, 0.6) is 0 Å². The highest BCUT2D eigenvalue weighted by Crippen LogP contribution is 2.31. The molecule has 5 heteroatoms. The van der Waals surface area contributed by atoms with E-state index in [1.165, 1.54) is 11.0 Å². The Labute approximate surface area is 107 Å². The summed E-state index contributed by atoms with van der Waals surface area (Å²) >= 11 is 3.10. The lowest BCUT2D eigenvalue weighted by Gasteiger charge is -2.18. The minimum atomic E-state index is -0.404. The molecule has 0 radical (unpaired) electrons. The summed E-state index contributed by atoms with van der Waals surface area (Å²) in [6.07, 6.45) is 0.216. The number of amides is 1. The summed E-state index contributed by atoms with van der Waals surface area (Å²) in [6, 6.07) is 5.04. The molecule has 0 bridgehead atoms. The molecule has 1 aliphatic rings. The molecular formula is C12H10BrFN2O. The second-order valence-electron chi connectivity index (χ2n) is 4.09. The Kier molecular flexibility index (Phi) is 3.16. The lowest BCUT2D eigenvalue weighted by atomic mass is 10.1. The number of hydrogen-bond acceptors (Lipinski definition) is 2. The second-order valence-corrected chi connectivity index (χ2v) is 4.94. The molecule has 0 aromatic heterocycles. The van der Waals surface area contributed by atoms with Crippen LogP contribution in [-0.2, 0) is 4.79 Å². The minimum absolute atomic E-state index is 0.124. The summed E-state index contributed by atoms with van der Waals surface area (Å²) in [5, 5.41) is 8.81. The van der Waals surface area contributed by atoms with Crippen LogP contribution < -0.4 is 4.90 Å². The fourth-order valence-corrected chi connectivity index (χ4v) is 2.41. The fraction of sp³-hybridized carbons (Fsp3) is 0.333.